The molecule has 3 heterocycles. The van der Waals surface area contributed by atoms with Crippen LogP contribution in [-0.2, 0) is 4.79 Å². The van der Waals surface area contributed by atoms with Gasteiger partial charge in [-0.15, -0.1) is 0 Å². The summed E-state index contributed by atoms with van der Waals surface area (Å²) in [6, 6.07) is 11.3. The summed E-state index contributed by atoms with van der Waals surface area (Å²) in [5.41, 5.74) is 4.35. The summed E-state index contributed by atoms with van der Waals surface area (Å²) in [4.78, 5) is 25.2. The Morgan fingerprint density at radius 1 is 1.00 bits per heavy atom. The highest BCUT2D eigenvalue weighted by atomic mass is 19.1. The lowest BCUT2D eigenvalue weighted by Crippen LogP contribution is -2.43. The van der Waals surface area contributed by atoms with E-state index in [2.05, 4.69) is 19.8 Å². The van der Waals surface area contributed by atoms with Gasteiger partial charge in [0.05, 0.1) is 16.6 Å². The summed E-state index contributed by atoms with van der Waals surface area (Å²) in [6.07, 6.45) is 6.44. The first-order chi connectivity index (χ1) is 15.6. The summed E-state index contributed by atoms with van der Waals surface area (Å²) in [5, 5.41) is 0. The number of aryl methyl sites for hydroxylation is 1. The van der Waals surface area contributed by atoms with Crippen molar-refractivity contribution in [3.8, 4) is 11.4 Å². The highest BCUT2D eigenvalue weighted by Gasteiger charge is 2.29. The van der Waals surface area contributed by atoms with Gasteiger partial charge >= 0.3 is 0 Å². The van der Waals surface area contributed by atoms with Crippen LogP contribution in [0.2, 0.25) is 0 Å². The summed E-state index contributed by atoms with van der Waals surface area (Å²) in [6.45, 7) is 5.48. The Morgan fingerprint density at radius 2 is 1.75 bits per heavy atom. The van der Waals surface area contributed by atoms with E-state index in [1.165, 1.54) is 18.9 Å². The lowest BCUT2D eigenvalue weighted by molar-refractivity contribution is -0.136. The smallest absolute Gasteiger partial charge is 0.225 e. The second-order valence-electron chi connectivity index (χ2n) is 9.27. The lowest BCUT2D eigenvalue weighted by Gasteiger charge is -2.35. The van der Waals surface area contributed by atoms with Gasteiger partial charge in [-0.25, -0.2) is 9.37 Å². The number of carbonyl (C=O) groups excluding carboxylic acids is 1. The number of H-pyrrole nitrogens is 1. The van der Waals surface area contributed by atoms with Crippen LogP contribution in [0.1, 0.15) is 44.1 Å². The van der Waals surface area contributed by atoms with E-state index >= 15 is 0 Å². The monoisotopic (exact) mass is 434 g/mol. The minimum atomic E-state index is -0.282. The molecule has 0 atom stereocenters. The standard InChI is InChI=1S/C26H31FN4O/c1-18-6-9-23-24(16-18)29-25(28-23)21-17-20(7-8-22(21)27)30-14-10-19(11-15-30)26(32)31-12-4-2-3-5-13-31/h6-9,16-17,19H,2-5,10-15H2,1H3,(H,28,29). The molecule has 0 spiro atoms. The molecule has 168 valence electrons. The minimum absolute atomic E-state index is 0.114. The van der Waals surface area contributed by atoms with Crippen molar-refractivity contribution < 1.29 is 9.18 Å². The number of aromatic amines is 1. The van der Waals surface area contributed by atoms with Crippen molar-refractivity contribution in [1.29, 1.82) is 0 Å². The number of anilines is 1. The number of hydrogen-bond acceptors (Lipinski definition) is 3. The molecule has 0 bridgehead atoms. The number of rotatable bonds is 3. The van der Waals surface area contributed by atoms with E-state index < -0.39 is 0 Å². The first-order valence-corrected chi connectivity index (χ1v) is 11.9. The van der Waals surface area contributed by atoms with E-state index in [9.17, 15) is 9.18 Å². The number of nitrogens with one attached hydrogen (secondary N) is 1. The van der Waals surface area contributed by atoms with E-state index in [0.29, 0.717) is 17.3 Å². The third-order valence-corrected chi connectivity index (χ3v) is 6.97. The normalized spacial score (nSPS) is 18.2. The number of halogens is 1. The number of benzene rings is 2. The number of likely N-dealkylation sites (tertiary alicyclic amines) is 1. The van der Waals surface area contributed by atoms with Gasteiger partial charge in [0.15, 0.2) is 0 Å². The lowest BCUT2D eigenvalue weighted by atomic mass is 9.94. The van der Waals surface area contributed by atoms with Gasteiger partial charge in [0, 0.05) is 37.8 Å². The Labute approximate surface area is 188 Å². The number of fused-ring (bicyclic) bond motifs is 1. The fourth-order valence-electron chi connectivity index (χ4n) is 5.07. The summed E-state index contributed by atoms with van der Waals surface area (Å²) >= 11 is 0. The van der Waals surface area contributed by atoms with Crippen molar-refractivity contribution in [2.24, 2.45) is 5.92 Å². The molecule has 1 amide bonds. The Hall–Kier alpha value is -2.89. The van der Waals surface area contributed by atoms with Gasteiger partial charge in [-0.05, 0) is 68.5 Å². The molecule has 5 nitrogen and oxygen atoms in total. The zero-order chi connectivity index (χ0) is 22.1. The molecule has 0 aliphatic carbocycles. The Balaban J connectivity index is 1.30. The molecule has 2 aliphatic heterocycles. The molecule has 2 aliphatic rings. The average Bonchev–Trinajstić information content (AvgIpc) is 3.03. The molecule has 0 unspecified atom stereocenters. The van der Waals surface area contributed by atoms with Crippen LogP contribution >= 0.6 is 0 Å². The number of piperidine rings is 1. The van der Waals surface area contributed by atoms with Crippen molar-refractivity contribution in [2.75, 3.05) is 31.1 Å². The van der Waals surface area contributed by atoms with E-state index in [1.807, 2.05) is 37.3 Å². The molecule has 1 N–H and O–H groups in total. The Bertz CT molecular complexity index is 1110. The van der Waals surface area contributed by atoms with Crippen molar-refractivity contribution in [3.05, 3.63) is 47.8 Å². The molecular weight excluding hydrogens is 403 g/mol. The van der Waals surface area contributed by atoms with Crippen LogP contribution in [0.5, 0.6) is 0 Å². The number of aromatic nitrogens is 2. The topological polar surface area (TPSA) is 52.2 Å². The molecule has 2 saturated heterocycles. The van der Waals surface area contributed by atoms with Gasteiger partial charge in [0.25, 0.3) is 0 Å². The number of carbonyl (C=O) groups is 1. The summed E-state index contributed by atoms with van der Waals surface area (Å²) < 4.78 is 14.7. The van der Waals surface area contributed by atoms with Crippen molar-refractivity contribution >= 4 is 22.6 Å². The van der Waals surface area contributed by atoms with Crippen molar-refractivity contribution in [3.63, 3.8) is 0 Å². The molecule has 0 saturated carbocycles. The van der Waals surface area contributed by atoms with Crippen LogP contribution < -0.4 is 4.90 Å². The SMILES string of the molecule is Cc1ccc2[nH]c(-c3cc(N4CCC(C(=O)N5CCCCCC5)CC4)ccc3F)nc2c1. The zero-order valence-electron chi connectivity index (χ0n) is 18.7. The van der Waals surface area contributed by atoms with Crippen LogP contribution in [-0.4, -0.2) is 47.0 Å². The average molecular weight is 435 g/mol. The van der Waals surface area contributed by atoms with Crippen LogP contribution in [0.3, 0.4) is 0 Å². The van der Waals surface area contributed by atoms with Crippen molar-refractivity contribution in [1.82, 2.24) is 14.9 Å². The first kappa shape index (κ1) is 21.0. The third kappa shape index (κ3) is 4.23. The maximum atomic E-state index is 14.7. The first-order valence-electron chi connectivity index (χ1n) is 11.9. The molecule has 2 aromatic carbocycles. The maximum absolute atomic E-state index is 14.7. The Morgan fingerprint density at radius 3 is 2.50 bits per heavy atom. The highest BCUT2D eigenvalue weighted by molar-refractivity contribution is 5.81. The maximum Gasteiger partial charge on any atom is 0.225 e. The minimum Gasteiger partial charge on any atom is -0.371 e. The number of imidazole rings is 1. The second-order valence-corrected chi connectivity index (χ2v) is 9.27. The van der Waals surface area contributed by atoms with E-state index in [0.717, 1.165) is 74.1 Å². The third-order valence-electron chi connectivity index (χ3n) is 6.97. The zero-order valence-corrected chi connectivity index (χ0v) is 18.7. The van der Waals surface area contributed by atoms with Gasteiger partial charge in [-0.2, -0.15) is 0 Å². The van der Waals surface area contributed by atoms with Crippen LogP contribution in [0, 0.1) is 18.7 Å². The van der Waals surface area contributed by atoms with Gasteiger partial charge in [0.2, 0.25) is 5.91 Å². The number of amides is 1. The number of nitrogens with zero attached hydrogens (tertiary/aromatic N) is 3. The van der Waals surface area contributed by atoms with E-state index in [-0.39, 0.29) is 11.7 Å². The van der Waals surface area contributed by atoms with Crippen LogP contribution in [0.15, 0.2) is 36.4 Å². The van der Waals surface area contributed by atoms with Crippen LogP contribution in [0.25, 0.3) is 22.4 Å². The quantitative estimate of drug-likeness (QED) is 0.609. The van der Waals surface area contributed by atoms with Gasteiger partial charge in [0.1, 0.15) is 11.6 Å². The predicted octanol–water partition coefficient (Wildman–Crippen LogP) is 5.30. The molecule has 2 fully saturated rings. The van der Waals surface area contributed by atoms with Gasteiger partial charge < -0.3 is 14.8 Å². The van der Waals surface area contributed by atoms with Crippen molar-refractivity contribution in [2.45, 2.75) is 45.4 Å². The largest absolute Gasteiger partial charge is 0.371 e. The van der Waals surface area contributed by atoms with Gasteiger partial charge in [-0.1, -0.05) is 18.9 Å². The summed E-state index contributed by atoms with van der Waals surface area (Å²) in [5.74, 6) is 0.721. The Kier molecular flexibility index (Phi) is 5.85. The molecule has 0 radical (unpaired) electrons. The molecule has 3 aromatic rings. The van der Waals surface area contributed by atoms with E-state index in [1.54, 1.807) is 0 Å². The van der Waals surface area contributed by atoms with Gasteiger partial charge in [-0.3, -0.25) is 4.79 Å². The molecule has 6 heteroatoms. The van der Waals surface area contributed by atoms with Crippen LogP contribution in [0.4, 0.5) is 10.1 Å². The predicted molar refractivity (Wildman–Crippen MR) is 126 cm³/mol. The molecule has 32 heavy (non-hydrogen) atoms. The highest BCUT2D eigenvalue weighted by Crippen LogP contribution is 2.31. The fraction of sp³-hybridized carbons (Fsp3) is 0.462. The molecule has 1 aromatic heterocycles. The molecule has 5 rings (SSSR count). The second kappa shape index (κ2) is 8.93. The van der Waals surface area contributed by atoms with E-state index in [4.69, 9.17) is 0 Å². The summed E-state index contributed by atoms with van der Waals surface area (Å²) in [7, 11) is 0. The molecular formula is C26H31FN4O. The number of hydrogen-bond donors (Lipinski definition) is 1. The fourth-order valence-corrected chi connectivity index (χ4v) is 5.07.